The first-order valence-corrected chi connectivity index (χ1v) is 9.66. The SMILES string of the molecule is Clc1ccc([C@@H]2CC(c3ccccc3)C[C@H](c3ccc(Cl)cc3)O2)cc1. The van der Waals surface area contributed by atoms with Crippen molar-refractivity contribution in [3.8, 4) is 0 Å². The Labute approximate surface area is 164 Å². The molecule has 0 aliphatic carbocycles. The molecule has 0 saturated carbocycles. The molecule has 0 bridgehead atoms. The molecule has 1 saturated heterocycles. The van der Waals surface area contributed by atoms with E-state index in [2.05, 4.69) is 54.6 Å². The summed E-state index contributed by atoms with van der Waals surface area (Å²) < 4.78 is 6.50. The van der Waals surface area contributed by atoms with Gasteiger partial charge in [0.15, 0.2) is 0 Å². The van der Waals surface area contributed by atoms with Gasteiger partial charge in [-0.1, -0.05) is 77.8 Å². The van der Waals surface area contributed by atoms with Crippen LogP contribution in [0.3, 0.4) is 0 Å². The number of ether oxygens (including phenoxy) is 1. The van der Waals surface area contributed by atoms with Crippen LogP contribution in [0.4, 0.5) is 0 Å². The highest BCUT2D eigenvalue weighted by Crippen LogP contribution is 2.46. The number of benzene rings is 3. The summed E-state index contributed by atoms with van der Waals surface area (Å²) in [6.07, 6.45) is 2.03. The molecule has 3 heteroatoms. The van der Waals surface area contributed by atoms with Gasteiger partial charge in [0.05, 0.1) is 12.2 Å². The third kappa shape index (κ3) is 3.96. The number of hydrogen-bond donors (Lipinski definition) is 0. The second-order valence-electron chi connectivity index (χ2n) is 6.80. The van der Waals surface area contributed by atoms with Gasteiger partial charge in [-0.3, -0.25) is 0 Å². The first kappa shape index (κ1) is 17.6. The van der Waals surface area contributed by atoms with Gasteiger partial charge in [0, 0.05) is 10.0 Å². The van der Waals surface area contributed by atoms with E-state index in [4.69, 9.17) is 27.9 Å². The molecule has 3 atom stereocenters. The van der Waals surface area contributed by atoms with Crippen LogP contribution < -0.4 is 0 Å². The highest BCUT2D eigenvalue weighted by atomic mass is 35.5. The molecule has 1 aliphatic heterocycles. The summed E-state index contributed by atoms with van der Waals surface area (Å²) in [6, 6.07) is 26.7. The standard InChI is InChI=1S/C23H20Cl2O/c24-20-10-6-17(7-11-20)22-14-19(16-4-2-1-3-5-16)15-23(26-22)18-8-12-21(25)13-9-18/h1-13,19,22-23H,14-15H2/t19?,22-,23+. The van der Waals surface area contributed by atoms with Gasteiger partial charge >= 0.3 is 0 Å². The Kier molecular flexibility index (Phi) is 5.31. The van der Waals surface area contributed by atoms with Crippen LogP contribution in [0.15, 0.2) is 78.9 Å². The Bertz CT molecular complexity index is 790. The van der Waals surface area contributed by atoms with E-state index in [1.54, 1.807) is 0 Å². The molecule has 0 amide bonds. The fourth-order valence-corrected chi connectivity index (χ4v) is 3.96. The zero-order chi connectivity index (χ0) is 17.9. The van der Waals surface area contributed by atoms with E-state index in [1.165, 1.54) is 16.7 Å². The smallest absolute Gasteiger partial charge is 0.0839 e. The molecule has 0 radical (unpaired) electrons. The zero-order valence-electron chi connectivity index (χ0n) is 14.3. The van der Waals surface area contributed by atoms with Crippen LogP contribution in [-0.2, 0) is 4.74 Å². The predicted molar refractivity (Wildman–Crippen MR) is 108 cm³/mol. The van der Waals surface area contributed by atoms with Gasteiger partial charge in [0.1, 0.15) is 0 Å². The quantitative estimate of drug-likeness (QED) is 0.459. The Hall–Kier alpha value is -1.80. The molecule has 0 N–H and O–H groups in total. The molecule has 1 heterocycles. The van der Waals surface area contributed by atoms with E-state index in [9.17, 15) is 0 Å². The van der Waals surface area contributed by atoms with E-state index in [1.807, 2.05) is 24.3 Å². The molecule has 132 valence electrons. The Morgan fingerprint density at radius 1 is 0.577 bits per heavy atom. The summed E-state index contributed by atoms with van der Waals surface area (Å²) in [5.41, 5.74) is 3.72. The van der Waals surface area contributed by atoms with Crippen molar-refractivity contribution in [1.29, 1.82) is 0 Å². The highest BCUT2D eigenvalue weighted by Gasteiger charge is 2.32. The fraction of sp³-hybridized carbons (Fsp3) is 0.217. The van der Waals surface area contributed by atoms with E-state index in [-0.39, 0.29) is 12.2 Å². The average Bonchev–Trinajstić information content (AvgIpc) is 2.69. The Morgan fingerprint density at radius 3 is 1.50 bits per heavy atom. The monoisotopic (exact) mass is 382 g/mol. The average molecular weight is 383 g/mol. The first-order chi connectivity index (χ1) is 12.7. The topological polar surface area (TPSA) is 9.23 Å². The van der Waals surface area contributed by atoms with Gasteiger partial charge in [-0.15, -0.1) is 0 Å². The van der Waals surface area contributed by atoms with Crippen LogP contribution in [0.1, 0.15) is 47.7 Å². The lowest BCUT2D eigenvalue weighted by molar-refractivity contribution is -0.0619. The molecule has 1 nitrogen and oxygen atoms in total. The molecule has 1 unspecified atom stereocenters. The van der Waals surface area contributed by atoms with Crippen LogP contribution in [0.25, 0.3) is 0 Å². The van der Waals surface area contributed by atoms with Crippen LogP contribution in [-0.4, -0.2) is 0 Å². The maximum atomic E-state index is 6.50. The van der Waals surface area contributed by atoms with Crippen molar-refractivity contribution in [3.63, 3.8) is 0 Å². The predicted octanol–water partition coefficient (Wildman–Crippen LogP) is 7.37. The van der Waals surface area contributed by atoms with Crippen LogP contribution in [0, 0.1) is 0 Å². The maximum absolute atomic E-state index is 6.50. The lowest BCUT2D eigenvalue weighted by atomic mass is 9.82. The van der Waals surface area contributed by atoms with E-state index in [0.29, 0.717) is 5.92 Å². The largest absolute Gasteiger partial charge is 0.366 e. The minimum atomic E-state index is 0.0481. The van der Waals surface area contributed by atoms with Gasteiger partial charge in [-0.05, 0) is 59.7 Å². The number of halogens is 2. The minimum Gasteiger partial charge on any atom is -0.366 e. The summed E-state index contributed by atoms with van der Waals surface area (Å²) in [5, 5.41) is 1.50. The Morgan fingerprint density at radius 2 is 1.04 bits per heavy atom. The third-order valence-corrected chi connectivity index (χ3v) is 5.58. The van der Waals surface area contributed by atoms with E-state index < -0.39 is 0 Å². The van der Waals surface area contributed by atoms with Crippen LogP contribution >= 0.6 is 23.2 Å². The van der Waals surface area contributed by atoms with Gasteiger partial charge in [0.25, 0.3) is 0 Å². The second-order valence-corrected chi connectivity index (χ2v) is 7.67. The Balaban J connectivity index is 1.66. The molecule has 3 aromatic rings. The molecular weight excluding hydrogens is 363 g/mol. The van der Waals surface area contributed by atoms with Crippen molar-refractivity contribution < 1.29 is 4.74 Å². The molecule has 0 aromatic heterocycles. The molecule has 1 aliphatic rings. The van der Waals surface area contributed by atoms with E-state index in [0.717, 1.165) is 22.9 Å². The van der Waals surface area contributed by atoms with Gasteiger partial charge in [-0.2, -0.15) is 0 Å². The van der Waals surface area contributed by atoms with Crippen LogP contribution in [0.5, 0.6) is 0 Å². The summed E-state index contributed by atoms with van der Waals surface area (Å²) >= 11 is 12.1. The molecule has 0 spiro atoms. The second kappa shape index (κ2) is 7.84. The zero-order valence-corrected chi connectivity index (χ0v) is 15.8. The van der Waals surface area contributed by atoms with Gasteiger partial charge in [0.2, 0.25) is 0 Å². The first-order valence-electron chi connectivity index (χ1n) is 8.90. The van der Waals surface area contributed by atoms with E-state index >= 15 is 0 Å². The highest BCUT2D eigenvalue weighted by molar-refractivity contribution is 6.30. The number of rotatable bonds is 3. The van der Waals surface area contributed by atoms with Crippen molar-refractivity contribution in [2.75, 3.05) is 0 Å². The number of hydrogen-bond acceptors (Lipinski definition) is 1. The van der Waals surface area contributed by atoms with Crippen molar-refractivity contribution in [1.82, 2.24) is 0 Å². The summed E-state index contributed by atoms with van der Waals surface area (Å²) in [4.78, 5) is 0. The molecular formula is C23H20Cl2O. The fourth-order valence-electron chi connectivity index (χ4n) is 3.70. The molecule has 26 heavy (non-hydrogen) atoms. The van der Waals surface area contributed by atoms with Crippen molar-refractivity contribution in [3.05, 3.63) is 106 Å². The molecule has 4 rings (SSSR count). The third-order valence-electron chi connectivity index (χ3n) is 5.08. The lowest BCUT2D eigenvalue weighted by Gasteiger charge is -2.36. The van der Waals surface area contributed by atoms with Gasteiger partial charge < -0.3 is 4.74 Å². The van der Waals surface area contributed by atoms with Crippen molar-refractivity contribution >= 4 is 23.2 Å². The van der Waals surface area contributed by atoms with Crippen molar-refractivity contribution in [2.45, 2.75) is 31.0 Å². The van der Waals surface area contributed by atoms with Gasteiger partial charge in [-0.25, -0.2) is 0 Å². The summed E-state index contributed by atoms with van der Waals surface area (Å²) in [7, 11) is 0. The normalized spacial score (nSPS) is 22.9. The van der Waals surface area contributed by atoms with Crippen molar-refractivity contribution in [2.24, 2.45) is 0 Å². The maximum Gasteiger partial charge on any atom is 0.0839 e. The minimum absolute atomic E-state index is 0.0481. The summed E-state index contributed by atoms with van der Waals surface area (Å²) in [5.74, 6) is 0.450. The molecule has 3 aromatic carbocycles. The lowest BCUT2D eigenvalue weighted by Crippen LogP contribution is -2.22. The molecule has 1 fully saturated rings. The summed E-state index contributed by atoms with van der Waals surface area (Å²) in [6.45, 7) is 0. The van der Waals surface area contributed by atoms with Crippen LogP contribution in [0.2, 0.25) is 10.0 Å².